The van der Waals surface area contributed by atoms with Crippen LogP contribution in [0.4, 0.5) is 0 Å². The molecule has 7 unspecified atom stereocenters. The van der Waals surface area contributed by atoms with E-state index in [1.54, 1.807) is 0 Å². The molecule has 0 radical (unpaired) electrons. The summed E-state index contributed by atoms with van der Waals surface area (Å²) in [6, 6.07) is 0.575. The second kappa shape index (κ2) is 12.4. The maximum absolute atomic E-state index is 14.1. The van der Waals surface area contributed by atoms with Gasteiger partial charge in [-0.1, -0.05) is 71.4 Å². The van der Waals surface area contributed by atoms with Crippen LogP contribution in [0.2, 0.25) is 0 Å². The Kier molecular flexibility index (Phi) is 9.22. The number of carbonyl (C=O) groups is 2. The van der Waals surface area contributed by atoms with Crippen molar-refractivity contribution in [1.82, 2.24) is 9.80 Å². The van der Waals surface area contributed by atoms with E-state index >= 15 is 0 Å². The molecule has 0 spiro atoms. The molecule has 2 aliphatic heterocycles. The van der Waals surface area contributed by atoms with Crippen LogP contribution in [-0.4, -0.2) is 78.1 Å². The fourth-order valence-electron chi connectivity index (χ4n) is 12.3. The fraction of sp³-hybridized carbons (Fsp3) is 0.895. The Morgan fingerprint density at radius 3 is 2.57 bits per heavy atom. The highest BCUT2D eigenvalue weighted by Crippen LogP contribution is 2.84. The van der Waals surface area contributed by atoms with Crippen molar-refractivity contribution in [3.05, 3.63) is 11.6 Å². The van der Waals surface area contributed by atoms with Crippen molar-refractivity contribution in [3.63, 3.8) is 0 Å². The van der Waals surface area contributed by atoms with Gasteiger partial charge in [0.2, 0.25) is 0 Å². The van der Waals surface area contributed by atoms with E-state index in [1.807, 2.05) is 0 Å². The van der Waals surface area contributed by atoms with Gasteiger partial charge in [0.05, 0.1) is 17.6 Å². The lowest BCUT2D eigenvalue weighted by molar-refractivity contribution is -0.197. The monoisotopic (exact) mass is 610 g/mol. The molecule has 10 atom stereocenters. The van der Waals surface area contributed by atoms with E-state index in [4.69, 9.17) is 4.74 Å². The van der Waals surface area contributed by atoms with Crippen molar-refractivity contribution in [2.75, 3.05) is 32.7 Å². The van der Waals surface area contributed by atoms with Crippen molar-refractivity contribution in [2.24, 2.45) is 51.8 Å². The average molecular weight is 611 g/mol. The molecule has 6 rings (SSSR count). The van der Waals surface area contributed by atoms with Crippen molar-refractivity contribution in [3.8, 4) is 0 Å². The van der Waals surface area contributed by atoms with E-state index in [9.17, 15) is 14.7 Å². The molecular weight excluding hydrogens is 548 g/mol. The largest absolute Gasteiger partial charge is 0.481 e. The zero-order chi connectivity index (χ0) is 31.4. The first kappa shape index (κ1) is 32.7. The minimum Gasteiger partial charge on any atom is -0.481 e. The molecule has 0 aromatic heterocycles. The van der Waals surface area contributed by atoms with E-state index in [1.165, 1.54) is 44.8 Å². The van der Waals surface area contributed by atoms with Crippen LogP contribution in [0, 0.1) is 51.8 Å². The SMILES string of the molecule is CCCCCCC1CC(C23C[C@@H]4[C@H](C)CC[C@H]4C4(C=O)CC2C=C(C(C)C)C34C(=O)O)OC1CN1CCCN(C(C)C)CC1. The molecule has 6 nitrogen and oxygen atoms in total. The van der Waals surface area contributed by atoms with Crippen LogP contribution in [0.15, 0.2) is 11.6 Å². The lowest BCUT2D eigenvalue weighted by atomic mass is 9.41. The van der Waals surface area contributed by atoms with Crippen LogP contribution in [-0.2, 0) is 14.3 Å². The van der Waals surface area contributed by atoms with Gasteiger partial charge >= 0.3 is 5.97 Å². The van der Waals surface area contributed by atoms with Gasteiger partial charge in [0, 0.05) is 31.1 Å². The number of hydrogen-bond acceptors (Lipinski definition) is 5. The molecule has 44 heavy (non-hydrogen) atoms. The maximum atomic E-state index is 14.1. The Labute approximate surface area is 267 Å². The summed E-state index contributed by atoms with van der Waals surface area (Å²) in [4.78, 5) is 32.9. The predicted molar refractivity (Wildman–Crippen MR) is 175 cm³/mol. The Bertz CT molecular complexity index is 1100. The van der Waals surface area contributed by atoms with Crippen molar-refractivity contribution in [1.29, 1.82) is 0 Å². The number of fused-ring (bicyclic) bond motifs is 2. The summed E-state index contributed by atoms with van der Waals surface area (Å²) in [6.45, 7) is 19.0. The molecule has 2 heterocycles. The number of nitrogens with zero attached hydrogens (tertiary/aromatic N) is 2. The standard InChI is InChI=1S/C38H62N2O4/c1-7-8-9-10-12-28-19-34(44-33(28)23-39-15-11-16-40(18-17-39)26(4)5)37-22-30-27(6)13-14-31(30)36(24-41)21-29(37)20-32(25(2)3)38(36,37)35(42)43/h20,24-31,33-34H,7-19,21-23H2,1-6H3,(H,42,43)/t27-,28?,29?,30-,31-,33?,34?,36?,37?,38?/m1/s1. The Morgan fingerprint density at radius 1 is 1.09 bits per heavy atom. The highest BCUT2D eigenvalue weighted by Gasteiger charge is 2.86. The third-order valence-corrected chi connectivity index (χ3v) is 14.2. The van der Waals surface area contributed by atoms with Gasteiger partial charge in [-0.25, -0.2) is 0 Å². The average Bonchev–Trinajstić information content (AvgIpc) is 3.63. The van der Waals surface area contributed by atoms with Crippen LogP contribution in [0.25, 0.3) is 0 Å². The van der Waals surface area contributed by atoms with Crippen molar-refractivity contribution in [2.45, 2.75) is 130 Å². The number of carboxylic acid groups (broad SMARTS) is 1. The summed E-state index contributed by atoms with van der Waals surface area (Å²) in [7, 11) is 0. The first-order valence-corrected chi connectivity index (χ1v) is 18.6. The Balaban J connectivity index is 1.36. The molecule has 0 amide bonds. The second-order valence-corrected chi connectivity index (χ2v) is 16.7. The number of unbranched alkanes of at least 4 members (excludes halogenated alkanes) is 3. The van der Waals surface area contributed by atoms with Gasteiger partial charge in [0.25, 0.3) is 0 Å². The van der Waals surface area contributed by atoms with E-state index < -0.39 is 22.2 Å². The smallest absolute Gasteiger partial charge is 0.315 e. The zero-order valence-electron chi connectivity index (χ0n) is 28.7. The van der Waals surface area contributed by atoms with Crippen LogP contribution < -0.4 is 0 Å². The molecular formula is C38H62N2O4. The molecule has 4 bridgehead atoms. The van der Waals surface area contributed by atoms with Crippen molar-refractivity contribution < 1.29 is 19.4 Å². The third-order valence-electron chi connectivity index (χ3n) is 14.2. The molecule has 5 fully saturated rings. The normalized spacial score (nSPS) is 43.9. The summed E-state index contributed by atoms with van der Waals surface area (Å²) in [5.41, 5.74) is -1.44. The predicted octanol–water partition coefficient (Wildman–Crippen LogP) is 7.07. The van der Waals surface area contributed by atoms with Gasteiger partial charge in [-0.05, 0) is 101 Å². The number of aldehydes is 1. The van der Waals surface area contributed by atoms with E-state index in [2.05, 4.69) is 57.4 Å². The lowest BCUT2D eigenvalue weighted by Crippen LogP contribution is -2.65. The molecule has 0 aromatic rings. The zero-order valence-corrected chi connectivity index (χ0v) is 28.7. The highest BCUT2D eigenvalue weighted by molar-refractivity contribution is 5.90. The van der Waals surface area contributed by atoms with Crippen molar-refractivity contribution >= 4 is 12.3 Å². The number of aliphatic carboxylic acids is 1. The molecule has 3 saturated carbocycles. The Morgan fingerprint density at radius 2 is 1.89 bits per heavy atom. The minimum atomic E-state index is -1.14. The molecule has 248 valence electrons. The number of carbonyl (C=O) groups excluding carboxylic acids is 1. The second-order valence-electron chi connectivity index (χ2n) is 16.7. The first-order valence-electron chi connectivity index (χ1n) is 18.6. The fourth-order valence-corrected chi connectivity index (χ4v) is 12.3. The Hall–Kier alpha value is -1.24. The van der Waals surface area contributed by atoms with E-state index in [-0.39, 0.29) is 30.0 Å². The van der Waals surface area contributed by atoms with Gasteiger partial charge in [-0.2, -0.15) is 0 Å². The molecule has 6 aliphatic rings. The molecule has 6 heteroatoms. The number of carboxylic acids is 1. The topological polar surface area (TPSA) is 70.1 Å². The van der Waals surface area contributed by atoms with Crippen LogP contribution in [0.3, 0.4) is 0 Å². The maximum Gasteiger partial charge on any atom is 0.315 e. The van der Waals surface area contributed by atoms with Gasteiger partial charge in [-0.3, -0.25) is 14.6 Å². The summed E-state index contributed by atoms with van der Waals surface area (Å²) in [6.07, 6.45) is 15.6. The molecule has 0 aromatic carbocycles. The summed E-state index contributed by atoms with van der Waals surface area (Å²) in [5.74, 6) is 1.05. The number of hydrogen-bond donors (Lipinski definition) is 1. The first-order chi connectivity index (χ1) is 21.1. The van der Waals surface area contributed by atoms with Gasteiger partial charge in [0.15, 0.2) is 0 Å². The summed E-state index contributed by atoms with van der Waals surface area (Å²) < 4.78 is 7.40. The number of rotatable bonds is 12. The lowest BCUT2D eigenvalue weighted by Gasteiger charge is -2.60. The number of ether oxygens (including phenoxy) is 1. The van der Waals surface area contributed by atoms with Gasteiger partial charge < -0.3 is 14.6 Å². The van der Waals surface area contributed by atoms with Crippen LogP contribution in [0.5, 0.6) is 0 Å². The van der Waals surface area contributed by atoms with Gasteiger partial charge in [-0.15, -0.1) is 0 Å². The molecule has 1 N–H and O–H groups in total. The molecule has 2 saturated heterocycles. The van der Waals surface area contributed by atoms with E-state index in [0.717, 1.165) is 64.0 Å². The van der Waals surface area contributed by atoms with Gasteiger partial charge in [0.1, 0.15) is 11.7 Å². The quantitative estimate of drug-likeness (QED) is 0.145. The third kappa shape index (κ3) is 4.65. The minimum absolute atomic E-state index is 0.105. The molecule has 4 aliphatic carbocycles. The van der Waals surface area contributed by atoms with Crippen LogP contribution in [0.1, 0.15) is 112 Å². The highest BCUT2D eigenvalue weighted by atomic mass is 16.5. The van der Waals surface area contributed by atoms with Crippen LogP contribution >= 0.6 is 0 Å². The summed E-state index contributed by atoms with van der Waals surface area (Å²) >= 11 is 0. The number of allylic oxidation sites excluding steroid dienone is 1. The summed E-state index contributed by atoms with van der Waals surface area (Å²) in [5, 5.41) is 11.5. The van der Waals surface area contributed by atoms with E-state index in [0.29, 0.717) is 30.2 Å².